The summed E-state index contributed by atoms with van der Waals surface area (Å²) in [5, 5.41) is 5.49. The fraction of sp³-hybridized carbons (Fsp3) is 0.143. The number of esters is 1. The molecule has 9 heteroatoms. The highest BCUT2D eigenvalue weighted by Crippen LogP contribution is 2.31. The summed E-state index contributed by atoms with van der Waals surface area (Å²) in [6, 6.07) is 22.7. The summed E-state index contributed by atoms with van der Waals surface area (Å²) >= 11 is 0. The topological polar surface area (TPSA) is 107 Å². The summed E-state index contributed by atoms with van der Waals surface area (Å²) in [6.45, 7) is 1.67. The average Bonchev–Trinajstić information content (AvgIpc) is 3.60. The van der Waals surface area contributed by atoms with Crippen LogP contribution in [0.2, 0.25) is 0 Å². The Morgan fingerprint density at radius 1 is 1.00 bits per heavy atom. The van der Waals surface area contributed by atoms with Gasteiger partial charge in [0.05, 0.1) is 18.5 Å². The number of furan rings is 1. The van der Waals surface area contributed by atoms with Gasteiger partial charge in [-0.3, -0.25) is 15.0 Å². The highest BCUT2D eigenvalue weighted by atomic mass is 16.5. The molecule has 0 saturated carbocycles. The largest absolute Gasteiger partial charge is 0.467 e. The van der Waals surface area contributed by atoms with Gasteiger partial charge in [0.25, 0.3) is 11.5 Å². The van der Waals surface area contributed by atoms with Crippen molar-refractivity contribution in [3.8, 4) is 0 Å². The van der Waals surface area contributed by atoms with E-state index >= 15 is 0 Å². The molecule has 5 rings (SSSR count). The third kappa shape index (κ3) is 5.35. The summed E-state index contributed by atoms with van der Waals surface area (Å²) in [5.74, 6) is -0.731. The number of aryl methyl sites for hydroxylation is 1. The summed E-state index contributed by atoms with van der Waals surface area (Å²) in [4.78, 5) is 38.0. The molecular formula is C28H24N4O5. The van der Waals surface area contributed by atoms with Crippen LogP contribution in [0.5, 0.6) is 0 Å². The van der Waals surface area contributed by atoms with E-state index < -0.39 is 24.5 Å². The Morgan fingerprint density at radius 2 is 1.78 bits per heavy atom. The van der Waals surface area contributed by atoms with Crippen molar-refractivity contribution in [1.29, 1.82) is 0 Å². The summed E-state index contributed by atoms with van der Waals surface area (Å²) in [7, 11) is 0. The number of hydrogen-bond acceptors (Lipinski definition) is 7. The second-order valence-corrected chi connectivity index (χ2v) is 8.56. The first-order valence-corrected chi connectivity index (χ1v) is 11.7. The smallest absolute Gasteiger partial charge is 0.359 e. The fourth-order valence-electron chi connectivity index (χ4n) is 3.95. The third-order valence-electron chi connectivity index (χ3n) is 5.89. The number of carbonyl (C=O) groups excluding carboxylic acids is 2. The molecule has 0 bridgehead atoms. The number of rotatable bonds is 7. The van der Waals surface area contributed by atoms with Gasteiger partial charge in [0, 0.05) is 6.07 Å². The number of nitrogens with zero attached hydrogens (tertiary/aromatic N) is 3. The quantitative estimate of drug-likeness (QED) is 0.391. The fourth-order valence-corrected chi connectivity index (χ4v) is 3.95. The molecule has 1 amide bonds. The maximum Gasteiger partial charge on any atom is 0.359 e. The van der Waals surface area contributed by atoms with Crippen molar-refractivity contribution in [2.45, 2.75) is 19.5 Å². The van der Waals surface area contributed by atoms with E-state index in [9.17, 15) is 14.4 Å². The molecular weight excluding hydrogens is 472 g/mol. The number of ether oxygens (including phenoxy) is 1. The Kier molecular flexibility index (Phi) is 6.67. The van der Waals surface area contributed by atoms with Crippen LogP contribution in [-0.4, -0.2) is 33.3 Å². The molecule has 4 aromatic rings. The molecule has 37 heavy (non-hydrogen) atoms. The van der Waals surface area contributed by atoms with Gasteiger partial charge in [-0.25, -0.2) is 14.5 Å². The molecule has 0 fully saturated rings. The van der Waals surface area contributed by atoms with E-state index in [1.807, 2.05) is 67.6 Å². The number of aromatic nitrogens is 2. The Labute approximate surface area is 212 Å². The number of carbonyl (C=O) groups is 2. The van der Waals surface area contributed by atoms with E-state index in [1.165, 1.54) is 28.1 Å². The molecule has 0 radical (unpaired) electrons. The Morgan fingerprint density at radius 3 is 2.51 bits per heavy atom. The van der Waals surface area contributed by atoms with Gasteiger partial charge in [-0.2, -0.15) is 5.10 Å². The zero-order valence-corrected chi connectivity index (χ0v) is 20.0. The maximum atomic E-state index is 13.1. The summed E-state index contributed by atoms with van der Waals surface area (Å²) in [6.07, 6.45) is 3.41. The van der Waals surface area contributed by atoms with Crippen LogP contribution in [0.25, 0.3) is 5.70 Å². The van der Waals surface area contributed by atoms with Crippen molar-refractivity contribution in [1.82, 2.24) is 20.2 Å². The molecule has 2 aromatic heterocycles. The van der Waals surface area contributed by atoms with Crippen molar-refractivity contribution in [2.24, 2.45) is 0 Å². The number of benzene rings is 2. The zero-order chi connectivity index (χ0) is 25.8. The number of hydrazine groups is 1. The lowest BCUT2D eigenvalue weighted by Crippen LogP contribution is -2.42. The first-order chi connectivity index (χ1) is 18.0. The minimum absolute atomic E-state index is 0.0706. The Bertz CT molecular complexity index is 1490. The number of nitrogens with one attached hydrogen (secondary N) is 1. The highest BCUT2D eigenvalue weighted by Gasteiger charge is 2.33. The molecule has 0 spiro atoms. The van der Waals surface area contributed by atoms with Gasteiger partial charge in [0.1, 0.15) is 11.8 Å². The van der Waals surface area contributed by atoms with Crippen LogP contribution in [0, 0.1) is 6.92 Å². The van der Waals surface area contributed by atoms with Crippen molar-refractivity contribution >= 4 is 17.6 Å². The van der Waals surface area contributed by atoms with E-state index in [-0.39, 0.29) is 17.8 Å². The van der Waals surface area contributed by atoms with Gasteiger partial charge in [-0.15, -0.1) is 0 Å². The molecule has 0 unspecified atom stereocenters. The van der Waals surface area contributed by atoms with Crippen LogP contribution in [0.3, 0.4) is 0 Å². The predicted molar refractivity (Wildman–Crippen MR) is 135 cm³/mol. The molecule has 9 nitrogen and oxygen atoms in total. The van der Waals surface area contributed by atoms with Gasteiger partial charge in [0.15, 0.2) is 12.3 Å². The van der Waals surface area contributed by atoms with Crippen LogP contribution < -0.4 is 11.0 Å². The van der Waals surface area contributed by atoms with Crippen LogP contribution >= 0.6 is 0 Å². The maximum absolute atomic E-state index is 13.1. The minimum Gasteiger partial charge on any atom is -0.467 e. The molecule has 3 heterocycles. The van der Waals surface area contributed by atoms with Crippen LogP contribution in [0.15, 0.2) is 100 Å². The average molecular weight is 497 g/mol. The van der Waals surface area contributed by atoms with Crippen molar-refractivity contribution in [3.05, 3.63) is 130 Å². The van der Waals surface area contributed by atoms with E-state index in [4.69, 9.17) is 9.15 Å². The number of amides is 1. The Balaban J connectivity index is 1.28. The number of hydrogen-bond donors (Lipinski definition) is 1. The first kappa shape index (κ1) is 23.8. The SMILES string of the molecule is Cc1ccc(C2=C[C@H](c3ccco3)N(C(=O)COC(=O)c3ccc(=O)n(Cc4ccccc4)n3)N2)cc1. The van der Waals surface area contributed by atoms with Gasteiger partial charge in [0.2, 0.25) is 0 Å². The summed E-state index contributed by atoms with van der Waals surface area (Å²) in [5.41, 5.74) is 6.29. The van der Waals surface area contributed by atoms with Gasteiger partial charge >= 0.3 is 5.97 Å². The second-order valence-electron chi connectivity index (χ2n) is 8.56. The van der Waals surface area contributed by atoms with E-state index in [2.05, 4.69) is 10.5 Å². The second kappa shape index (κ2) is 10.4. The first-order valence-electron chi connectivity index (χ1n) is 11.7. The lowest BCUT2D eigenvalue weighted by molar-refractivity contribution is -0.138. The van der Waals surface area contributed by atoms with Crippen molar-refractivity contribution in [2.75, 3.05) is 6.61 Å². The molecule has 1 aliphatic rings. The van der Waals surface area contributed by atoms with E-state index in [1.54, 1.807) is 12.1 Å². The van der Waals surface area contributed by atoms with Gasteiger partial charge in [-0.05, 0) is 42.3 Å². The van der Waals surface area contributed by atoms with Crippen LogP contribution in [0.4, 0.5) is 0 Å². The lowest BCUT2D eigenvalue weighted by atomic mass is 10.1. The predicted octanol–water partition coefficient (Wildman–Crippen LogP) is 3.48. The summed E-state index contributed by atoms with van der Waals surface area (Å²) < 4.78 is 12.0. The minimum atomic E-state index is -0.810. The highest BCUT2D eigenvalue weighted by molar-refractivity contribution is 5.90. The van der Waals surface area contributed by atoms with E-state index in [0.29, 0.717) is 5.76 Å². The van der Waals surface area contributed by atoms with Crippen LogP contribution in [0.1, 0.15) is 39.0 Å². The van der Waals surface area contributed by atoms with Gasteiger partial charge in [-0.1, -0.05) is 60.2 Å². The molecule has 186 valence electrons. The molecule has 1 N–H and O–H groups in total. The normalized spacial score (nSPS) is 14.7. The molecule has 0 saturated heterocycles. The van der Waals surface area contributed by atoms with E-state index in [0.717, 1.165) is 22.4 Å². The Hall–Kier alpha value is -4.92. The molecule has 1 aliphatic heterocycles. The third-order valence-corrected chi connectivity index (χ3v) is 5.89. The monoisotopic (exact) mass is 496 g/mol. The van der Waals surface area contributed by atoms with Gasteiger partial charge < -0.3 is 9.15 Å². The molecule has 0 aliphatic carbocycles. The molecule has 2 aromatic carbocycles. The van der Waals surface area contributed by atoms with Crippen molar-refractivity contribution in [3.63, 3.8) is 0 Å². The van der Waals surface area contributed by atoms with Crippen LogP contribution in [-0.2, 0) is 16.1 Å². The zero-order valence-electron chi connectivity index (χ0n) is 20.0. The molecule has 1 atom stereocenters. The standard InChI is InChI=1S/C28H24N4O5/c1-19-9-11-21(12-10-19)23-16-24(25-8-5-15-36-25)32(30-23)27(34)18-37-28(35)22-13-14-26(33)31(29-22)17-20-6-3-2-4-7-20/h2-16,24,30H,17-18H2,1H3/t24-/m1/s1. The van der Waals surface area contributed by atoms with Crippen molar-refractivity contribution < 1.29 is 18.7 Å². The lowest BCUT2D eigenvalue weighted by Gasteiger charge is -2.23.